The lowest BCUT2D eigenvalue weighted by Gasteiger charge is -2.09. The fourth-order valence-electron chi connectivity index (χ4n) is 1.93. The lowest BCUT2D eigenvalue weighted by molar-refractivity contribution is 0.423. The van der Waals surface area contributed by atoms with E-state index < -0.39 is 0 Å². The maximum atomic E-state index is 6.11. The number of hydrogen-bond acceptors (Lipinski definition) is 4. The molecule has 102 valence electrons. The molecule has 1 aromatic heterocycles. The van der Waals surface area contributed by atoms with Gasteiger partial charge in [0, 0.05) is 11.9 Å². The molecule has 0 aliphatic rings. The van der Waals surface area contributed by atoms with E-state index in [1.54, 1.807) is 16.4 Å². The quantitative estimate of drug-likeness (QED) is 0.850. The van der Waals surface area contributed by atoms with Crippen molar-refractivity contribution < 1.29 is 4.74 Å². The van der Waals surface area contributed by atoms with Gasteiger partial charge in [-0.1, -0.05) is 25.5 Å². The van der Waals surface area contributed by atoms with Crippen molar-refractivity contribution >= 4 is 17.4 Å². The topological polar surface area (TPSA) is 53.1 Å². The highest BCUT2D eigenvalue weighted by Crippen LogP contribution is 2.35. The first-order valence-electron chi connectivity index (χ1n) is 6.29. The van der Waals surface area contributed by atoms with E-state index in [9.17, 15) is 0 Å². The van der Waals surface area contributed by atoms with Crippen LogP contribution < -0.4 is 10.5 Å². The third kappa shape index (κ3) is 2.87. The summed E-state index contributed by atoms with van der Waals surface area (Å²) >= 11 is 1.65. The van der Waals surface area contributed by atoms with Gasteiger partial charge in [0.2, 0.25) is 5.88 Å². The Morgan fingerprint density at radius 2 is 2.11 bits per heavy atom. The summed E-state index contributed by atoms with van der Waals surface area (Å²) in [5.74, 6) is 1.43. The first kappa shape index (κ1) is 13.8. The number of hydrogen-bond donors (Lipinski definition) is 1. The molecule has 2 N–H and O–H groups in total. The van der Waals surface area contributed by atoms with Crippen molar-refractivity contribution in [1.29, 1.82) is 0 Å². The molecule has 0 aliphatic carbocycles. The van der Waals surface area contributed by atoms with Crippen LogP contribution in [0.4, 0.5) is 5.69 Å². The fraction of sp³-hybridized carbons (Fsp3) is 0.357. The summed E-state index contributed by atoms with van der Waals surface area (Å²) in [6.07, 6.45) is 3.91. The molecule has 0 unspecified atom stereocenters. The molecule has 1 aromatic carbocycles. The number of nitrogens with two attached hydrogens (primary N) is 1. The molecule has 19 heavy (non-hydrogen) atoms. The molecule has 4 nitrogen and oxygen atoms in total. The summed E-state index contributed by atoms with van der Waals surface area (Å²) in [7, 11) is 1.85. The average Bonchev–Trinajstić information content (AvgIpc) is 2.68. The van der Waals surface area contributed by atoms with Gasteiger partial charge in [-0.3, -0.25) is 0 Å². The molecular weight excluding hydrogens is 258 g/mol. The molecule has 1 heterocycles. The summed E-state index contributed by atoms with van der Waals surface area (Å²) in [6.45, 7) is 2.11. The Bertz CT molecular complexity index is 566. The van der Waals surface area contributed by atoms with Crippen LogP contribution in [-0.2, 0) is 13.5 Å². The van der Waals surface area contributed by atoms with Crippen LogP contribution in [0.15, 0.2) is 29.2 Å². The van der Waals surface area contributed by atoms with E-state index >= 15 is 0 Å². The van der Waals surface area contributed by atoms with Gasteiger partial charge in [0.05, 0.1) is 5.69 Å². The number of thioether (sulfide) groups is 1. The van der Waals surface area contributed by atoms with Gasteiger partial charge in [-0.15, -0.1) is 11.8 Å². The Kier molecular flexibility index (Phi) is 4.37. The van der Waals surface area contributed by atoms with Crippen LogP contribution in [-0.4, -0.2) is 16.0 Å². The number of aryl methyl sites for hydroxylation is 2. The number of para-hydroxylation sites is 1. The number of nitrogen functional groups attached to an aromatic ring is 1. The highest BCUT2D eigenvalue weighted by atomic mass is 32.2. The zero-order valence-corrected chi connectivity index (χ0v) is 12.3. The Hall–Kier alpha value is -1.62. The minimum Gasteiger partial charge on any atom is -0.436 e. The number of aromatic nitrogens is 2. The number of benzene rings is 1. The summed E-state index contributed by atoms with van der Waals surface area (Å²) in [4.78, 5) is 1.08. The Balaban J connectivity index is 2.33. The van der Waals surface area contributed by atoms with Crippen LogP contribution in [0.5, 0.6) is 11.6 Å². The van der Waals surface area contributed by atoms with E-state index in [0.29, 0.717) is 11.6 Å². The van der Waals surface area contributed by atoms with E-state index in [4.69, 9.17) is 10.5 Å². The van der Waals surface area contributed by atoms with Crippen LogP contribution in [0, 0.1) is 0 Å². The maximum absolute atomic E-state index is 6.11. The molecular formula is C14H19N3OS. The number of anilines is 1. The summed E-state index contributed by atoms with van der Waals surface area (Å²) in [6, 6.07) is 7.92. The van der Waals surface area contributed by atoms with Gasteiger partial charge in [0.1, 0.15) is 11.4 Å². The highest BCUT2D eigenvalue weighted by Gasteiger charge is 2.15. The highest BCUT2D eigenvalue weighted by molar-refractivity contribution is 7.98. The largest absolute Gasteiger partial charge is 0.436 e. The minimum absolute atomic E-state index is 0.616. The van der Waals surface area contributed by atoms with Gasteiger partial charge in [0.15, 0.2) is 0 Å². The molecule has 0 atom stereocenters. The van der Waals surface area contributed by atoms with Gasteiger partial charge >= 0.3 is 0 Å². The van der Waals surface area contributed by atoms with Gasteiger partial charge < -0.3 is 10.5 Å². The molecule has 5 heteroatoms. The van der Waals surface area contributed by atoms with E-state index in [1.807, 2.05) is 37.6 Å². The lowest BCUT2D eigenvalue weighted by atomic mass is 10.2. The molecule has 0 amide bonds. The molecule has 0 saturated heterocycles. The Morgan fingerprint density at radius 3 is 2.79 bits per heavy atom. The SMILES string of the molecule is CCCc1nn(C)c(Oc2ccccc2SC)c1N. The normalized spacial score (nSPS) is 10.7. The van der Waals surface area contributed by atoms with Gasteiger partial charge in [0.25, 0.3) is 0 Å². The molecule has 0 fully saturated rings. The molecule has 0 saturated carbocycles. The second-order valence-corrected chi connectivity index (χ2v) is 5.14. The predicted octanol–water partition coefficient (Wildman–Crippen LogP) is 3.47. The Morgan fingerprint density at radius 1 is 1.37 bits per heavy atom. The van der Waals surface area contributed by atoms with E-state index in [1.165, 1.54) is 0 Å². The molecule has 0 aliphatic heterocycles. The van der Waals surface area contributed by atoms with Crippen molar-refractivity contribution in [1.82, 2.24) is 9.78 Å². The lowest BCUT2D eigenvalue weighted by Crippen LogP contribution is -1.97. The molecule has 0 spiro atoms. The zero-order chi connectivity index (χ0) is 13.8. The molecule has 0 radical (unpaired) electrons. The third-order valence-corrected chi connectivity index (χ3v) is 3.65. The third-order valence-electron chi connectivity index (χ3n) is 2.87. The number of ether oxygens (including phenoxy) is 1. The summed E-state index contributed by atoms with van der Waals surface area (Å²) in [5.41, 5.74) is 7.66. The summed E-state index contributed by atoms with van der Waals surface area (Å²) < 4.78 is 7.65. The van der Waals surface area contributed by atoms with Crippen molar-refractivity contribution in [3.05, 3.63) is 30.0 Å². The van der Waals surface area contributed by atoms with Crippen LogP contribution >= 0.6 is 11.8 Å². The van der Waals surface area contributed by atoms with Crippen molar-refractivity contribution in [3.63, 3.8) is 0 Å². The van der Waals surface area contributed by atoms with Gasteiger partial charge in [-0.05, 0) is 24.8 Å². The minimum atomic E-state index is 0.616. The van der Waals surface area contributed by atoms with Crippen molar-refractivity contribution in [2.75, 3.05) is 12.0 Å². The van der Waals surface area contributed by atoms with Crippen LogP contribution in [0.3, 0.4) is 0 Å². The van der Waals surface area contributed by atoms with E-state index in [2.05, 4.69) is 12.0 Å². The second-order valence-electron chi connectivity index (χ2n) is 4.29. The zero-order valence-electron chi connectivity index (χ0n) is 11.5. The molecule has 2 aromatic rings. The predicted molar refractivity (Wildman–Crippen MR) is 79.9 cm³/mol. The van der Waals surface area contributed by atoms with Crippen LogP contribution in [0.25, 0.3) is 0 Å². The number of nitrogens with zero attached hydrogens (tertiary/aromatic N) is 2. The van der Waals surface area contributed by atoms with Crippen LogP contribution in [0.1, 0.15) is 19.0 Å². The first-order valence-corrected chi connectivity index (χ1v) is 7.52. The second kappa shape index (κ2) is 6.02. The average molecular weight is 277 g/mol. The molecule has 2 rings (SSSR count). The van der Waals surface area contributed by atoms with Gasteiger partial charge in [-0.2, -0.15) is 5.10 Å². The first-order chi connectivity index (χ1) is 9.17. The maximum Gasteiger partial charge on any atom is 0.241 e. The monoisotopic (exact) mass is 277 g/mol. The standard InChI is InChI=1S/C14H19N3OS/c1-4-7-10-13(15)14(17(2)16-10)18-11-8-5-6-9-12(11)19-3/h5-6,8-9H,4,7,15H2,1-3H3. The van der Waals surface area contributed by atoms with Crippen molar-refractivity contribution in [2.24, 2.45) is 7.05 Å². The fourth-order valence-corrected chi connectivity index (χ4v) is 2.45. The number of rotatable bonds is 5. The summed E-state index contributed by atoms with van der Waals surface area (Å²) in [5, 5.41) is 4.41. The van der Waals surface area contributed by atoms with E-state index in [-0.39, 0.29) is 0 Å². The van der Waals surface area contributed by atoms with E-state index in [0.717, 1.165) is 29.2 Å². The van der Waals surface area contributed by atoms with Crippen molar-refractivity contribution in [3.8, 4) is 11.6 Å². The molecule has 0 bridgehead atoms. The van der Waals surface area contributed by atoms with Crippen LogP contribution in [0.2, 0.25) is 0 Å². The van der Waals surface area contributed by atoms with Gasteiger partial charge in [-0.25, -0.2) is 4.68 Å². The van der Waals surface area contributed by atoms with Crippen molar-refractivity contribution in [2.45, 2.75) is 24.7 Å². The smallest absolute Gasteiger partial charge is 0.241 e. The Labute approximate surface area is 117 Å².